The highest BCUT2D eigenvalue weighted by atomic mass is 16.5. The molecule has 1 amide bonds. The number of aryl methyl sites for hydroxylation is 2. The van der Waals surface area contributed by atoms with Crippen LogP contribution in [0.5, 0.6) is 5.75 Å². The van der Waals surface area contributed by atoms with Crippen molar-refractivity contribution in [2.45, 2.75) is 25.8 Å². The van der Waals surface area contributed by atoms with Gasteiger partial charge >= 0.3 is 0 Å². The Kier molecular flexibility index (Phi) is 5.08. The summed E-state index contributed by atoms with van der Waals surface area (Å²) < 4.78 is 7.26. The Bertz CT molecular complexity index is 865. The molecular weight excluding hydrogens is 312 g/mol. The Hall–Kier alpha value is -2.75. The Morgan fingerprint density at radius 2 is 1.92 bits per heavy atom. The number of amides is 1. The van der Waals surface area contributed by atoms with Gasteiger partial charge in [0, 0.05) is 25.2 Å². The summed E-state index contributed by atoms with van der Waals surface area (Å²) in [6.45, 7) is 2.00. The van der Waals surface area contributed by atoms with Crippen molar-refractivity contribution in [3.63, 3.8) is 0 Å². The lowest BCUT2D eigenvalue weighted by Gasteiger charge is -2.15. The predicted molar refractivity (Wildman–Crippen MR) is 101 cm³/mol. The number of nitrogens with zero attached hydrogens (tertiary/aromatic N) is 1. The van der Waals surface area contributed by atoms with Crippen LogP contribution >= 0.6 is 0 Å². The molecule has 130 valence electrons. The first kappa shape index (κ1) is 17.1. The lowest BCUT2D eigenvalue weighted by atomic mass is 10.1. The number of methoxy groups -OCH3 is 1. The highest BCUT2D eigenvalue weighted by Gasteiger charge is 2.10. The van der Waals surface area contributed by atoms with Gasteiger partial charge in [0.2, 0.25) is 5.91 Å². The van der Waals surface area contributed by atoms with E-state index in [1.54, 1.807) is 7.11 Å². The van der Waals surface area contributed by atoms with Crippen molar-refractivity contribution in [1.29, 1.82) is 0 Å². The smallest absolute Gasteiger partial charge is 0.220 e. The number of fused-ring (bicyclic) bond motifs is 1. The van der Waals surface area contributed by atoms with Crippen molar-refractivity contribution in [2.75, 3.05) is 7.11 Å². The summed E-state index contributed by atoms with van der Waals surface area (Å²) in [6.07, 6.45) is 3.28. The molecule has 0 aliphatic carbocycles. The molecule has 0 bridgehead atoms. The van der Waals surface area contributed by atoms with Crippen LogP contribution in [0.3, 0.4) is 0 Å². The zero-order chi connectivity index (χ0) is 17.8. The summed E-state index contributed by atoms with van der Waals surface area (Å²) in [7, 11) is 3.68. The first-order chi connectivity index (χ1) is 12.1. The summed E-state index contributed by atoms with van der Waals surface area (Å²) >= 11 is 0. The summed E-state index contributed by atoms with van der Waals surface area (Å²) in [6, 6.07) is 16.2. The standard InChI is InChI=1S/C21H24N2O2/c1-15(17-6-8-19(25-3)9-7-17)22-21(24)11-5-16-4-10-20-18(14-16)12-13-23(20)2/h4,6-10,12-15H,5,11H2,1-3H3,(H,22,24)/t15-/m0/s1. The molecule has 1 aromatic heterocycles. The Morgan fingerprint density at radius 1 is 1.16 bits per heavy atom. The van der Waals surface area contributed by atoms with Crippen LogP contribution in [0.2, 0.25) is 0 Å². The van der Waals surface area contributed by atoms with Crippen molar-refractivity contribution in [3.8, 4) is 5.75 Å². The van der Waals surface area contributed by atoms with Crippen LogP contribution in [-0.4, -0.2) is 17.6 Å². The number of hydrogen-bond donors (Lipinski definition) is 1. The molecule has 0 radical (unpaired) electrons. The average molecular weight is 336 g/mol. The average Bonchev–Trinajstić information content (AvgIpc) is 3.00. The first-order valence-corrected chi connectivity index (χ1v) is 8.54. The van der Waals surface area contributed by atoms with Crippen LogP contribution in [0, 0.1) is 0 Å². The number of hydrogen-bond acceptors (Lipinski definition) is 2. The third-order valence-corrected chi connectivity index (χ3v) is 4.58. The Morgan fingerprint density at radius 3 is 2.64 bits per heavy atom. The molecule has 1 N–H and O–H groups in total. The molecule has 25 heavy (non-hydrogen) atoms. The van der Waals surface area contributed by atoms with Crippen molar-refractivity contribution in [2.24, 2.45) is 7.05 Å². The second-order valence-corrected chi connectivity index (χ2v) is 6.38. The third-order valence-electron chi connectivity index (χ3n) is 4.58. The normalized spacial score (nSPS) is 12.1. The fourth-order valence-corrected chi connectivity index (χ4v) is 3.03. The van der Waals surface area contributed by atoms with Crippen LogP contribution < -0.4 is 10.1 Å². The van der Waals surface area contributed by atoms with Gasteiger partial charge in [0.05, 0.1) is 13.2 Å². The van der Waals surface area contributed by atoms with Crippen LogP contribution in [0.1, 0.15) is 30.5 Å². The molecule has 0 aliphatic heterocycles. The van der Waals surface area contributed by atoms with Gasteiger partial charge in [-0.2, -0.15) is 0 Å². The molecule has 0 unspecified atom stereocenters. The second kappa shape index (κ2) is 7.43. The molecule has 4 heteroatoms. The van der Waals surface area contributed by atoms with Crippen molar-refractivity contribution < 1.29 is 9.53 Å². The molecular formula is C21H24N2O2. The quantitative estimate of drug-likeness (QED) is 0.739. The van der Waals surface area contributed by atoms with Crippen LogP contribution in [0.25, 0.3) is 10.9 Å². The van der Waals surface area contributed by atoms with Crippen LogP contribution in [0.15, 0.2) is 54.7 Å². The van der Waals surface area contributed by atoms with E-state index in [1.807, 2.05) is 38.2 Å². The maximum absolute atomic E-state index is 12.3. The topological polar surface area (TPSA) is 43.3 Å². The molecule has 0 saturated carbocycles. The molecule has 1 atom stereocenters. The maximum Gasteiger partial charge on any atom is 0.220 e. The molecule has 3 aromatic rings. The van der Waals surface area contributed by atoms with Gasteiger partial charge in [-0.3, -0.25) is 4.79 Å². The number of benzene rings is 2. The molecule has 0 spiro atoms. The summed E-state index contributed by atoms with van der Waals surface area (Å²) in [5, 5.41) is 4.28. The number of aromatic nitrogens is 1. The van der Waals surface area contributed by atoms with Crippen LogP contribution in [0.4, 0.5) is 0 Å². The largest absolute Gasteiger partial charge is 0.497 e. The van der Waals surface area contributed by atoms with E-state index in [2.05, 4.69) is 40.3 Å². The van der Waals surface area contributed by atoms with Gasteiger partial charge in [-0.15, -0.1) is 0 Å². The number of rotatable bonds is 6. The highest BCUT2D eigenvalue weighted by Crippen LogP contribution is 2.19. The van der Waals surface area contributed by atoms with Gasteiger partial charge in [-0.25, -0.2) is 0 Å². The van der Waals surface area contributed by atoms with E-state index in [9.17, 15) is 4.79 Å². The SMILES string of the molecule is COc1ccc([C@H](C)NC(=O)CCc2ccc3c(ccn3C)c2)cc1. The number of ether oxygens (including phenoxy) is 1. The summed E-state index contributed by atoms with van der Waals surface area (Å²) in [4.78, 5) is 12.3. The van der Waals surface area contributed by atoms with E-state index in [0.29, 0.717) is 6.42 Å². The molecule has 0 fully saturated rings. The van der Waals surface area contributed by atoms with Crippen LogP contribution in [-0.2, 0) is 18.3 Å². The molecule has 1 heterocycles. The lowest BCUT2D eigenvalue weighted by Crippen LogP contribution is -2.26. The third kappa shape index (κ3) is 4.02. The minimum Gasteiger partial charge on any atom is -0.497 e. The van der Waals surface area contributed by atoms with Gasteiger partial charge in [0.1, 0.15) is 5.75 Å². The van der Waals surface area contributed by atoms with Crippen molar-refractivity contribution in [3.05, 3.63) is 65.9 Å². The van der Waals surface area contributed by atoms with E-state index < -0.39 is 0 Å². The number of nitrogens with one attached hydrogen (secondary N) is 1. The molecule has 0 saturated heterocycles. The maximum atomic E-state index is 12.3. The van der Waals surface area contributed by atoms with Crippen molar-refractivity contribution >= 4 is 16.8 Å². The fourth-order valence-electron chi connectivity index (χ4n) is 3.03. The monoisotopic (exact) mass is 336 g/mol. The molecule has 0 aliphatic rings. The van der Waals surface area contributed by atoms with Gasteiger partial charge in [0.15, 0.2) is 0 Å². The summed E-state index contributed by atoms with van der Waals surface area (Å²) in [5.41, 5.74) is 3.46. The van der Waals surface area contributed by atoms with Gasteiger partial charge in [0.25, 0.3) is 0 Å². The lowest BCUT2D eigenvalue weighted by molar-refractivity contribution is -0.121. The first-order valence-electron chi connectivity index (χ1n) is 8.54. The van der Waals surface area contributed by atoms with E-state index in [0.717, 1.165) is 17.7 Å². The Labute approximate surface area is 148 Å². The zero-order valence-electron chi connectivity index (χ0n) is 15.0. The number of carbonyl (C=O) groups excluding carboxylic acids is 1. The Balaban J connectivity index is 1.55. The van der Waals surface area contributed by atoms with Crippen molar-refractivity contribution in [1.82, 2.24) is 9.88 Å². The van der Waals surface area contributed by atoms with Gasteiger partial charge in [-0.1, -0.05) is 18.2 Å². The minimum atomic E-state index is -0.0185. The summed E-state index contributed by atoms with van der Waals surface area (Å²) in [5.74, 6) is 0.884. The zero-order valence-corrected chi connectivity index (χ0v) is 15.0. The van der Waals surface area contributed by atoms with E-state index >= 15 is 0 Å². The van der Waals surface area contributed by atoms with E-state index in [4.69, 9.17) is 4.74 Å². The molecule has 4 nitrogen and oxygen atoms in total. The van der Waals surface area contributed by atoms with Gasteiger partial charge in [-0.05, 0) is 60.2 Å². The second-order valence-electron chi connectivity index (χ2n) is 6.38. The van der Waals surface area contributed by atoms with E-state index in [1.165, 1.54) is 16.5 Å². The highest BCUT2D eigenvalue weighted by molar-refractivity contribution is 5.81. The molecule has 3 rings (SSSR count). The van der Waals surface area contributed by atoms with E-state index in [-0.39, 0.29) is 11.9 Å². The minimum absolute atomic E-state index is 0.0185. The molecule has 2 aromatic carbocycles. The number of carbonyl (C=O) groups is 1. The van der Waals surface area contributed by atoms with Gasteiger partial charge < -0.3 is 14.6 Å². The predicted octanol–water partition coefficient (Wildman–Crippen LogP) is 4.00. The fraction of sp³-hybridized carbons (Fsp3) is 0.286.